The highest BCUT2D eigenvalue weighted by Gasteiger charge is 2.11. The summed E-state index contributed by atoms with van der Waals surface area (Å²) in [6.07, 6.45) is 3.72. The number of nitrogens with one attached hydrogen (secondary N) is 1. The summed E-state index contributed by atoms with van der Waals surface area (Å²) in [4.78, 5) is 11.1. The highest BCUT2D eigenvalue weighted by atomic mass is 16.3. The summed E-state index contributed by atoms with van der Waals surface area (Å²) in [5, 5.41) is 12.6. The van der Waals surface area contributed by atoms with Crippen molar-refractivity contribution in [3.63, 3.8) is 0 Å². The van der Waals surface area contributed by atoms with Crippen molar-refractivity contribution in [3.8, 4) is 17.1 Å². The summed E-state index contributed by atoms with van der Waals surface area (Å²) in [5.74, 6) is 0.931. The van der Waals surface area contributed by atoms with Crippen LogP contribution in [-0.4, -0.2) is 41.3 Å². The molecular weight excluding hydrogens is 240 g/mol. The maximum atomic E-state index is 9.26. The van der Waals surface area contributed by atoms with Gasteiger partial charge in [-0.1, -0.05) is 0 Å². The van der Waals surface area contributed by atoms with Crippen LogP contribution in [0.15, 0.2) is 36.7 Å². The zero-order valence-electron chi connectivity index (χ0n) is 10.6. The molecule has 19 heavy (non-hydrogen) atoms. The maximum absolute atomic E-state index is 9.26. The zero-order chi connectivity index (χ0) is 13.1. The van der Waals surface area contributed by atoms with Crippen LogP contribution in [0.2, 0.25) is 0 Å². The van der Waals surface area contributed by atoms with Crippen molar-refractivity contribution >= 4 is 5.69 Å². The monoisotopic (exact) mass is 256 g/mol. The number of aromatic hydroxyl groups is 1. The van der Waals surface area contributed by atoms with E-state index in [0.717, 1.165) is 37.4 Å². The fraction of sp³-hybridized carbons (Fsp3) is 0.286. The summed E-state index contributed by atoms with van der Waals surface area (Å²) in [6, 6.07) is 6.91. The topological polar surface area (TPSA) is 61.3 Å². The fourth-order valence-corrected chi connectivity index (χ4v) is 2.17. The first-order chi connectivity index (χ1) is 9.33. The molecule has 5 heteroatoms. The van der Waals surface area contributed by atoms with Crippen molar-refractivity contribution in [1.29, 1.82) is 0 Å². The van der Waals surface area contributed by atoms with Gasteiger partial charge in [-0.2, -0.15) is 0 Å². The average molecular weight is 256 g/mol. The van der Waals surface area contributed by atoms with Crippen LogP contribution in [0.5, 0.6) is 5.75 Å². The van der Waals surface area contributed by atoms with Crippen LogP contribution in [-0.2, 0) is 0 Å². The van der Waals surface area contributed by atoms with Gasteiger partial charge >= 0.3 is 0 Å². The zero-order valence-corrected chi connectivity index (χ0v) is 10.6. The number of phenolic OH excluding ortho intramolecular Hbond substituents is 1. The van der Waals surface area contributed by atoms with Crippen molar-refractivity contribution < 1.29 is 5.11 Å². The number of nitrogens with zero attached hydrogens (tertiary/aromatic N) is 3. The Morgan fingerprint density at radius 1 is 1.00 bits per heavy atom. The third kappa shape index (κ3) is 2.66. The maximum Gasteiger partial charge on any atom is 0.159 e. The quantitative estimate of drug-likeness (QED) is 0.847. The Morgan fingerprint density at radius 2 is 1.63 bits per heavy atom. The summed E-state index contributed by atoms with van der Waals surface area (Å²) < 4.78 is 0. The lowest BCUT2D eigenvalue weighted by atomic mass is 10.2. The smallest absolute Gasteiger partial charge is 0.159 e. The first-order valence-electron chi connectivity index (χ1n) is 6.40. The summed E-state index contributed by atoms with van der Waals surface area (Å²) in [7, 11) is 0. The van der Waals surface area contributed by atoms with E-state index >= 15 is 0 Å². The van der Waals surface area contributed by atoms with E-state index in [1.54, 1.807) is 12.1 Å². The molecule has 5 nitrogen and oxygen atoms in total. The van der Waals surface area contributed by atoms with E-state index in [4.69, 9.17) is 0 Å². The molecule has 0 atom stereocenters. The van der Waals surface area contributed by atoms with Crippen LogP contribution < -0.4 is 10.2 Å². The van der Waals surface area contributed by atoms with E-state index < -0.39 is 0 Å². The Bertz CT molecular complexity index is 532. The first kappa shape index (κ1) is 11.9. The Kier molecular flexibility index (Phi) is 3.29. The van der Waals surface area contributed by atoms with E-state index in [9.17, 15) is 5.11 Å². The molecule has 1 saturated heterocycles. The van der Waals surface area contributed by atoms with Gasteiger partial charge in [0.05, 0.1) is 18.1 Å². The third-order valence-electron chi connectivity index (χ3n) is 3.25. The molecule has 2 aromatic rings. The molecule has 2 heterocycles. The van der Waals surface area contributed by atoms with Gasteiger partial charge in [-0.05, 0) is 24.3 Å². The molecule has 0 unspecified atom stereocenters. The van der Waals surface area contributed by atoms with Crippen LogP contribution >= 0.6 is 0 Å². The lowest BCUT2D eigenvalue weighted by Gasteiger charge is -2.28. The van der Waals surface area contributed by atoms with Gasteiger partial charge in [-0.25, -0.2) is 9.97 Å². The highest BCUT2D eigenvalue weighted by molar-refractivity contribution is 5.57. The van der Waals surface area contributed by atoms with Gasteiger partial charge in [-0.3, -0.25) is 0 Å². The molecule has 0 spiro atoms. The minimum atomic E-state index is 0.251. The molecule has 0 saturated carbocycles. The summed E-state index contributed by atoms with van der Waals surface area (Å²) in [5.41, 5.74) is 1.97. The number of hydrogen-bond donors (Lipinski definition) is 2. The minimum absolute atomic E-state index is 0.251. The molecule has 1 aliphatic rings. The Hall–Kier alpha value is -2.14. The molecule has 3 rings (SSSR count). The predicted molar refractivity (Wildman–Crippen MR) is 74.2 cm³/mol. The van der Waals surface area contributed by atoms with Crippen LogP contribution in [0.25, 0.3) is 11.4 Å². The van der Waals surface area contributed by atoms with Crippen LogP contribution in [0.3, 0.4) is 0 Å². The first-order valence-corrected chi connectivity index (χ1v) is 6.40. The second kappa shape index (κ2) is 5.24. The molecule has 1 fully saturated rings. The molecule has 2 N–H and O–H groups in total. The molecule has 1 aromatic carbocycles. The molecule has 0 radical (unpaired) electrons. The molecular formula is C14H16N4O. The van der Waals surface area contributed by atoms with Crippen LogP contribution in [0.4, 0.5) is 5.69 Å². The van der Waals surface area contributed by atoms with Crippen LogP contribution in [0.1, 0.15) is 0 Å². The Morgan fingerprint density at radius 3 is 2.26 bits per heavy atom. The summed E-state index contributed by atoms with van der Waals surface area (Å²) in [6.45, 7) is 3.98. The van der Waals surface area contributed by atoms with E-state index in [-0.39, 0.29) is 5.75 Å². The van der Waals surface area contributed by atoms with E-state index in [1.807, 2.05) is 24.5 Å². The number of rotatable bonds is 2. The number of anilines is 1. The predicted octanol–water partition coefficient (Wildman–Crippen LogP) is 1.26. The molecule has 1 aromatic heterocycles. The number of aromatic nitrogens is 2. The van der Waals surface area contributed by atoms with E-state index in [2.05, 4.69) is 20.2 Å². The van der Waals surface area contributed by atoms with Gasteiger partial charge in [0.2, 0.25) is 0 Å². The van der Waals surface area contributed by atoms with Gasteiger partial charge in [-0.15, -0.1) is 0 Å². The molecule has 98 valence electrons. The lowest BCUT2D eigenvalue weighted by molar-refractivity contribution is 0.475. The molecule has 0 amide bonds. The second-order valence-corrected chi connectivity index (χ2v) is 4.55. The van der Waals surface area contributed by atoms with Crippen molar-refractivity contribution in [3.05, 3.63) is 36.7 Å². The van der Waals surface area contributed by atoms with E-state index in [0.29, 0.717) is 5.82 Å². The fourth-order valence-electron chi connectivity index (χ4n) is 2.17. The van der Waals surface area contributed by atoms with Crippen molar-refractivity contribution in [1.82, 2.24) is 15.3 Å². The van der Waals surface area contributed by atoms with Gasteiger partial charge in [0.1, 0.15) is 5.75 Å². The SMILES string of the molecule is Oc1ccc(-c2ncc(N3CCNCC3)cn2)cc1. The minimum Gasteiger partial charge on any atom is -0.508 e. The normalized spacial score (nSPS) is 15.5. The third-order valence-corrected chi connectivity index (χ3v) is 3.25. The van der Waals surface area contributed by atoms with Crippen molar-refractivity contribution in [2.24, 2.45) is 0 Å². The lowest BCUT2D eigenvalue weighted by Crippen LogP contribution is -2.43. The Labute approximate surface area is 111 Å². The summed E-state index contributed by atoms with van der Waals surface area (Å²) >= 11 is 0. The van der Waals surface area contributed by atoms with E-state index in [1.165, 1.54) is 0 Å². The van der Waals surface area contributed by atoms with Gasteiger partial charge in [0.15, 0.2) is 5.82 Å². The highest BCUT2D eigenvalue weighted by Crippen LogP contribution is 2.20. The standard InChI is InChI=1S/C14H16N4O/c19-13-3-1-11(2-4-13)14-16-9-12(10-17-14)18-7-5-15-6-8-18/h1-4,9-10,15,19H,5-8H2. The Balaban J connectivity index is 1.80. The number of hydrogen-bond acceptors (Lipinski definition) is 5. The number of phenols is 1. The largest absolute Gasteiger partial charge is 0.508 e. The van der Waals surface area contributed by atoms with Gasteiger partial charge in [0, 0.05) is 31.7 Å². The van der Waals surface area contributed by atoms with Crippen molar-refractivity contribution in [2.45, 2.75) is 0 Å². The van der Waals surface area contributed by atoms with Crippen molar-refractivity contribution in [2.75, 3.05) is 31.1 Å². The van der Waals surface area contributed by atoms with Crippen LogP contribution in [0, 0.1) is 0 Å². The molecule has 0 bridgehead atoms. The number of piperazine rings is 1. The molecule has 1 aliphatic heterocycles. The molecule has 0 aliphatic carbocycles. The van der Waals surface area contributed by atoms with Gasteiger partial charge < -0.3 is 15.3 Å². The second-order valence-electron chi connectivity index (χ2n) is 4.55. The average Bonchev–Trinajstić information content (AvgIpc) is 2.49. The number of benzene rings is 1. The van der Waals surface area contributed by atoms with Gasteiger partial charge in [0.25, 0.3) is 0 Å².